The van der Waals surface area contributed by atoms with E-state index in [-0.39, 0.29) is 0 Å². The standard InChI is InChI=1S/C6H9.Hf/c1-5(2)6(3)4;/h1H,3H2,2,4H3;. The molecule has 0 atom stereocenters. The van der Waals surface area contributed by atoms with E-state index in [2.05, 4.69) is 17.3 Å². The molecule has 0 saturated heterocycles. The van der Waals surface area contributed by atoms with Crippen molar-refractivity contribution in [2.24, 2.45) is 0 Å². The summed E-state index contributed by atoms with van der Waals surface area (Å²) in [5.74, 6) is 0. The van der Waals surface area contributed by atoms with Gasteiger partial charge in [-0.3, -0.25) is 0 Å². The first-order chi connectivity index (χ1) is 3.18. The summed E-state index contributed by atoms with van der Waals surface area (Å²) in [5.41, 5.74) is 2.53. The molecule has 37 valence electrons. The molecular weight excluding hydrogens is 251 g/mol. The summed E-state index contributed by atoms with van der Waals surface area (Å²) in [6.07, 6.45) is 0. The van der Waals surface area contributed by atoms with Crippen molar-refractivity contribution in [3.8, 4) is 0 Å². The Labute approximate surface area is 59.9 Å². The van der Waals surface area contributed by atoms with E-state index in [4.69, 9.17) is 0 Å². The van der Waals surface area contributed by atoms with Gasteiger partial charge in [-0.15, -0.1) is 0 Å². The van der Waals surface area contributed by atoms with E-state index in [1.54, 1.807) is 0 Å². The molecule has 0 aromatic rings. The Bertz CT molecular complexity index is 101. The molecule has 0 heterocycles. The van der Waals surface area contributed by atoms with E-state index in [1.165, 1.54) is 11.1 Å². The van der Waals surface area contributed by atoms with Crippen LogP contribution in [0.25, 0.3) is 0 Å². The molecule has 0 aliphatic carbocycles. The van der Waals surface area contributed by atoms with Crippen molar-refractivity contribution >= 4 is 0 Å². The van der Waals surface area contributed by atoms with E-state index in [0.717, 1.165) is 24.4 Å². The summed E-state index contributed by atoms with van der Waals surface area (Å²) in [7, 11) is 0. The number of rotatable bonds is 1. The van der Waals surface area contributed by atoms with Gasteiger partial charge >= 0.3 is 59.8 Å². The van der Waals surface area contributed by atoms with Gasteiger partial charge in [0, 0.05) is 0 Å². The summed E-state index contributed by atoms with van der Waals surface area (Å²) in [6, 6.07) is 0. The van der Waals surface area contributed by atoms with Gasteiger partial charge in [-0.05, 0) is 0 Å². The Hall–Kier alpha value is 0.350. The maximum absolute atomic E-state index is 3.78. The van der Waals surface area contributed by atoms with Crippen LogP contribution in [0.5, 0.6) is 0 Å². The van der Waals surface area contributed by atoms with E-state index < -0.39 is 0 Å². The second kappa shape index (κ2) is 3.36. The molecule has 0 saturated carbocycles. The summed E-state index contributed by atoms with van der Waals surface area (Å²) in [4.78, 5) is 0. The van der Waals surface area contributed by atoms with Crippen LogP contribution < -0.4 is 0 Å². The summed E-state index contributed by atoms with van der Waals surface area (Å²) < 4.78 is 2.20. The van der Waals surface area contributed by atoms with Crippen LogP contribution in [0.3, 0.4) is 0 Å². The van der Waals surface area contributed by atoms with Crippen LogP contribution in [0, 0.1) is 0 Å². The first kappa shape index (κ1) is 7.35. The molecule has 0 amide bonds. The molecule has 0 N–H and O–H groups in total. The minimum atomic E-state index is 1.15. The van der Waals surface area contributed by atoms with Crippen molar-refractivity contribution in [1.29, 1.82) is 0 Å². The van der Waals surface area contributed by atoms with Crippen molar-refractivity contribution in [3.63, 3.8) is 0 Å². The Morgan fingerprint density at radius 1 is 1.57 bits per heavy atom. The number of hydrogen-bond acceptors (Lipinski definition) is 0. The fourth-order valence-electron chi connectivity index (χ4n) is 0.123. The van der Waals surface area contributed by atoms with Crippen LogP contribution in [-0.2, 0) is 24.4 Å². The van der Waals surface area contributed by atoms with Crippen LogP contribution in [0.4, 0.5) is 0 Å². The monoisotopic (exact) mass is 261 g/mol. The molecule has 1 heteroatoms. The van der Waals surface area contributed by atoms with Gasteiger partial charge in [0.2, 0.25) is 0 Å². The molecular formula is C6H9Hf. The maximum atomic E-state index is 3.78. The quantitative estimate of drug-likeness (QED) is 0.499. The van der Waals surface area contributed by atoms with Crippen molar-refractivity contribution in [2.75, 3.05) is 0 Å². The van der Waals surface area contributed by atoms with Crippen LogP contribution in [-0.4, -0.2) is 0 Å². The van der Waals surface area contributed by atoms with E-state index in [0.29, 0.717) is 0 Å². The molecule has 0 spiro atoms. The summed E-state index contributed by atoms with van der Waals surface area (Å²) in [5, 5.41) is 0. The van der Waals surface area contributed by atoms with Crippen molar-refractivity contribution < 1.29 is 24.4 Å². The minimum absolute atomic E-state index is 1.15. The molecule has 0 fully saturated rings. The number of allylic oxidation sites excluding steroid dienone is 2. The van der Waals surface area contributed by atoms with Crippen LogP contribution in [0.2, 0.25) is 0 Å². The Morgan fingerprint density at radius 2 is 2.00 bits per heavy atom. The Morgan fingerprint density at radius 3 is 2.00 bits per heavy atom. The van der Waals surface area contributed by atoms with Crippen LogP contribution in [0.1, 0.15) is 13.8 Å². The normalized spacial score (nSPS) is 11.3. The molecule has 0 bridgehead atoms. The van der Waals surface area contributed by atoms with E-state index in [9.17, 15) is 0 Å². The van der Waals surface area contributed by atoms with Gasteiger partial charge in [-0.25, -0.2) is 0 Å². The summed E-state index contributed by atoms with van der Waals surface area (Å²) in [6.45, 7) is 7.90. The topological polar surface area (TPSA) is 0 Å². The van der Waals surface area contributed by atoms with Gasteiger partial charge < -0.3 is 0 Å². The van der Waals surface area contributed by atoms with Crippen molar-refractivity contribution in [1.82, 2.24) is 0 Å². The fourth-order valence-corrected chi connectivity index (χ4v) is 1.01. The molecule has 0 aliphatic rings. The van der Waals surface area contributed by atoms with Crippen molar-refractivity contribution in [2.45, 2.75) is 13.8 Å². The van der Waals surface area contributed by atoms with E-state index in [1.807, 2.05) is 6.92 Å². The fraction of sp³-hybridized carbons (Fsp3) is 0.333. The zero-order valence-corrected chi connectivity index (χ0v) is 8.38. The van der Waals surface area contributed by atoms with Crippen LogP contribution in [0.15, 0.2) is 21.6 Å². The SMILES string of the molecule is C=C(C)C(C)=[CH][Hf]. The van der Waals surface area contributed by atoms with Gasteiger partial charge in [0.25, 0.3) is 0 Å². The Balaban J connectivity index is 3.82. The van der Waals surface area contributed by atoms with Crippen molar-refractivity contribution in [3.05, 3.63) is 21.6 Å². The molecule has 0 radical (unpaired) electrons. The second-order valence-corrected chi connectivity index (χ2v) is 2.64. The summed E-state index contributed by atoms with van der Waals surface area (Å²) >= 11 is 1.15. The molecule has 0 unspecified atom stereocenters. The molecule has 0 nitrogen and oxygen atoms in total. The van der Waals surface area contributed by atoms with Gasteiger partial charge in [0.05, 0.1) is 0 Å². The molecule has 0 rings (SSSR count). The average Bonchev–Trinajstić information content (AvgIpc) is 1.65. The van der Waals surface area contributed by atoms with Gasteiger partial charge in [0.1, 0.15) is 0 Å². The van der Waals surface area contributed by atoms with E-state index >= 15 is 0 Å². The third-order valence-electron chi connectivity index (χ3n) is 0.890. The first-order valence-electron chi connectivity index (χ1n) is 2.18. The zero-order valence-electron chi connectivity index (χ0n) is 4.78. The van der Waals surface area contributed by atoms with Gasteiger partial charge in [-0.1, -0.05) is 0 Å². The average molecular weight is 260 g/mol. The third kappa shape index (κ3) is 2.98. The first-order valence-corrected chi connectivity index (χ1v) is 4.26. The predicted molar refractivity (Wildman–Crippen MR) is 28.6 cm³/mol. The molecule has 0 aromatic heterocycles. The predicted octanol–water partition coefficient (Wildman–Crippen LogP) is 2.01. The Kier molecular flexibility index (Phi) is 3.53. The number of hydrogen-bond donors (Lipinski definition) is 0. The molecule has 7 heavy (non-hydrogen) atoms. The zero-order chi connectivity index (χ0) is 5.86. The van der Waals surface area contributed by atoms with Gasteiger partial charge in [0.15, 0.2) is 0 Å². The van der Waals surface area contributed by atoms with Gasteiger partial charge in [-0.2, -0.15) is 0 Å². The molecule has 0 aliphatic heterocycles. The molecule has 0 aromatic carbocycles. The third-order valence-corrected chi connectivity index (χ3v) is 2.45. The van der Waals surface area contributed by atoms with Crippen LogP contribution >= 0.6 is 0 Å². The second-order valence-electron chi connectivity index (χ2n) is 1.61.